The number of aryl methyl sites for hydroxylation is 2. The van der Waals surface area contributed by atoms with Gasteiger partial charge in [0.2, 0.25) is 0 Å². The molecule has 6 nitrogen and oxygen atoms in total. The predicted octanol–water partition coefficient (Wildman–Crippen LogP) is 2.50. The number of piperidine rings is 1. The minimum atomic E-state index is 0.151. The third-order valence-electron chi connectivity index (χ3n) is 5.23. The lowest BCUT2D eigenvalue weighted by Gasteiger charge is -2.35. The van der Waals surface area contributed by atoms with E-state index in [1.807, 2.05) is 29.5 Å². The fourth-order valence-corrected chi connectivity index (χ4v) is 3.85. The minimum Gasteiger partial charge on any atom is -0.334 e. The molecule has 4 rings (SSSR count). The van der Waals surface area contributed by atoms with Crippen LogP contribution in [0.3, 0.4) is 0 Å². The number of nitrogens with zero attached hydrogens (tertiary/aromatic N) is 5. The second kappa shape index (κ2) is 6.07. The molecule has 0 bridgehead atoms. The lowest BCUT2D eigenvalue weighted by atomic mass is 10.0. The van der Waals surface area contributed by atoms with Gasteiger partial charge in [0.1, 0.15) is 0 Å². The van der Waals surface area contributed by atoms with Crippen LogP contribution < -0.4 is 0 Å². The van der Waals surface area contributed by atoms with Crippen molar-refractivity contribution in [3.05, 3.63) is 35.4 Å². The molecule has 3 heterocycles. The zero-order chi connectivity index (χ0) is 16.7. The third kappa shape index (κ3) is 2.85. The number of likely N-dealkylation sites (tertiary alicyclic amines) is 1. The molecule has 1 saturated heterocycles. The monoisotopic (exact) mass is 327 g/mol. The maximum atomic E-state index is 13.2. The van der Waals surface area contributed by atoms with Crippen LogP contribution in [0.1, 0.15) is 59.6 Å². The summed E-state index contributed by atoms with van der Waals surface area (Å²) < 4.78 is 3.86. The second-order valence-corrected chi connectivity index (χ2v) is 7.23. The lowest BCUT2D eigenvalue weighted by Crippen LogP contribution is -2.46. The molecule has 0 unspecified atom stereocenters. The summed E-state index contributed by atoms with van der Waals surface area (Å²) in [4.78, 5) is 15.3. The Labute approximate surface area is 142 Å². The molecule has 6 heteroatoms. The van der Waals surface area contributed by atoms with Crippen LogP contribution in [-0.4, -0.2) is 43.0 Å². The van der Waals surface area contributed by atoms with Crippen molar-refractivity contribution in [1.82, 2.24) is 24.5 Å². The molecule has 1 amide bonds. The summed E-state index contributed by atoms with van der Waals surface area (Å²) in [5.41, 5.74) is 3.09. The average molecular weight is 327 g/mol. The van der Waals surface area contributed by atoms with Gasteiger partial charge >= 0.3 is 0 Å². The molecular formula is C18H25N5O. The van der Waals surface area contributed by atoms with Gasteiger partial charge in [0.05, 0.1) is 36.2 Å². The maximum absolute atomic E-state index is 13.2. The Kier molecular flexibility index (Phi) is 3.90. The van der Waals surface area contributed by atoms with Gasteiger partial charge in [-0.15, -0.1) is 0 Å². The normalized spacial score (nSPS) is 21.2. The first kappa shape index (κ1) is 15.4. The van der Waals surface area contributed by atoms with Crippen LogP contribution in [0.5, 0.6) is 0 Å². The average Bonchev–Trinajstić information content (AvgIpc) is 3.22. The van der Waals surface area contributed by atoms with Gasteiger partial charge in [0, 0.05) is 25.7 Å². The molecule has 2 aromatic rings. The first-order valence-electron chi connectivity index (χ1n) is 8.95. The summed E-state index contributed by atoms with van der Waals surface area (Å²) in [5, 5.41) is 8.76. The van der Waals surface area contributed by atoms with E-state index in [9.17, 15) is 4.79 Å². The second-order valence-electron chi connectivity index (χ2n) is 7.23. The Morgan fingerprint density at radius 3 is 2.75 bits per heavy atom. The van der Waals surface area contributed by atoms with Crippen LogP contribution in [-0.2, 0) is 13.6 Å². The largest absolute Gasteiger partial charge is 0.334 e. The van der Waals surface area contributed by atoms with E-state index in [0.29, 0.717) is 5.92 Å². The van der Waals surface area contributed by atoms with Crippen molar-refractivity contribution >= 4 is 5.91 Å². The SMILES string of the molecule is Cc1cnn(C[C@@H]2CCCCN2C(=O)c2cnn(C)c2C2CC2)c1. The van der Waals surface area contributed by atoms with E-state index in [-0.39, 0.29) is 11.9 Å². The van der Waals surface area contributed by atoms with E-state index in [1.165, 1.54) is 19.3 Å². The molecule has 2 fully saturated rings. The molecular weight excluding hydrogens is 302 g/mol. The van der Waals surface area contributed by atoms with Crippen molar-refractivity contribution < 1.29 is 4.79 Å². The highest BCUT2D eigenvalue weighted by Gasteiger charge is 2.35. The fraction of sp³-hybridized carbons (Fsp3) is 0.611. The number of amides is 1. The summed E-state index contributed by atoms with van der Waals surface area (Å²) >= 11 is 0. The van der Waals surface area contributed by atoms with Gasteiger partial charge in [-0.1, -0.05) is 0 Å². The molecule has 0 N–H and O–H groups in total. The van der Waals surface area contributed by atoms with Crippen molar-refractivity contribution in [2.24, 2.45) is 7.05 Å². The van der Waals surface area contributed by atoms with Gasteiger partial charge in [-0.2, -0.15) is 10.2 Å². The third-order valence-corrected chi connectivity index (χ3v) is 5.23. The van der Waals surface area contributed by atoms with Crippen LogP contribution in [0.2, 0.25) is 0 Å². The van der Waals surface area contributed by atoms with E-state index < -0.39 is 0 Å². The van der Waals surface area contributed by atoms with Crippen LogP contribution in [0.4, 0.5) is 0 Å². The zero-order valence-corrected chi connectivity index (χ0v) is 14.5. The van der Waals surface area contributed by atoms with Crippen LogP contribution in [0.25, 0.3) is 0 Å². The molecule has 2 aliphatic rings. The van der Waals surface area contributed by atoms with Crippen molar-refractivity contribution in [3.8, 4) is 0 Å². The topological polar surface area (TPSA) is 56.0 Å². The number of hydrogen-bond donors (Lipinski definition) is 0. The van der Waals surface area contributed by atoms with Gasteiger partial charge in [-0.3, -0.25) is 14.2 Å². The van der Waals surface area contributed by atoms with Gasteiger partial charge in [0.15, 0.2) is 0 Å². The lowest BCUT2D eigenvalue weighted by molar-refractivity contribution is 0.0582. The summed E-state index contributed by atoms with van der Waals surface area (Å²) in [6.45, 7) is 3.66. The molecule has 2 aromatic heterocycles. The van der Waals surface area contributed by atoms with Crippen LogP contribution in [0.15, 0.2) is 18.6 Å². The first-order chi connectivity index (χ1) is 11.6. The molecule has 1 saturated carbocycles. The highest BCUT2D eigenvalue weighted by atomic mass is 16.2. The summed E-state index contributed by atoms with van der Waals surface area (Å²) in [7, 11) is 1.95. The standard InChI is InChI=1S/C18H25N5O/c1-13-9-20-22(11-13)12-15-5-3-4-8-23(15)18(24)16-10-19-21(2)17(16)14-6-7-14/h9-11,14-15H,3-8,12H2,1-2H3/t15-/m0/s1. The predicted molar refractivity (Wildman–Crippen MR) is 90.8 cm³/mol. The molecule has 1 aliphatic carbocycles. The summed E-state index contributed by atoms with van der Waals surface area (Å²) in [5.74, 6) is 0.673. The van der Waals surface area contributed by atoms with E-state index in [2.05, 4.69) is 21.3 Å². The van der Waals surface area contributed by atoms with E-state index in [0.717, 1.165) is 42.8 Å². The summed E-state index contributed by atoms with van der Waals surface area (Å²) in [6.07, 6.45) is 11.4. The van der Waals surface area contributed by atoms with Crippen molar-refractivity contribution in [2.75, 3.05) is 6.54 Å². The Balaban J connectivity index is 1.57. The number of aromatic nitrogens is 4. The molecule has 128 valence electrons. The van der Waals surface area contributed by atoms with Crippen LogP contribution in [0, 0.1) is 6.92 Å². The molecule has 1 aliphatic heterocycles. The van der Waals surface area contributed by atoms with Gasteiger partial charge in [0.25, 0.3) is 5.91 Å². The molecule has 1 atom stereocenters. The van der Waals surface area contributed by atoms with E-state index >= 15 is 0 Å². The molecule has 0 spiro atoms. The molecule has 0 aromatic carbocycles. The number of carbonyl (C=O) groups is 1. The first-order valence-corrected chi connectivity index (χ1v) is 8.95. The Hall–Kier alpha value is -2.11. The Morgan fingerprint density at radius 2 is 2.04 bits per heavy atom. The van der Waals surface area contributed by atoms with Gasteiger partial charge < -0.3 is 4.90 Å². The number of carbonyl (C=O) groups excluding carboxylic acids is 1. The van der Waals surface area contributed by atoms with Crippen molar-refractivity contribution in [1.29, 1.82) is 0 Å². The van der Waals surface area contributed by atoms with Crippen LogP contribution >= 0.6 is 0 Å². The highest BCUT2D eigenvalue weighted by molar-refractivity contribution is 5.95. The number of hydrogen-bond acceptors (Lipinski definition) is 3. The molecule has 24 heavy (non-hydrogen) atoms. The van der Waals surface area contributed by atoms with Crippen molar-refractivity contribution in [2.45, 2.75) is 57.5 Å². The van der Waals surface area contributed by atoms with E-state index in [4.69, 9.17) is 0 Å². The fourth-order valence-electron chi connectivity index (χ4n) is 3.85. The molecule has 0 radical (unpaired) electrons. The van der Waals surface area contributed by atoms with Gasteiger partial charge in [-0.25, -0.2) is 0 Å². The Bertz CT molecular complexity index is 742. The Morgan fingerprint density at radius 1 is 1.21 bits per heavy atom. The minimum absolute atomic E-state index is 0.151. The zero-order valence-electron chi connectivity index (χ0n) is 14.5. The van der Waals surface area contributed by atoms with E-state index in [1.54, 1.807) is 6.20 Å². The highest BCUT2D eigenvalue weighted by Crippen LogP contribution is 2.41. The quantitative estimate of drug-likeness (QED) is 0.867. The smallest absolute Gasteiger partial charge is 0.257 e. The number of rotatable bonds is 4. The van der Waals surface area contributed by atoms with Crippen molar-refractivity contribution in [3.63, 3.8) is 0 Å². The maximum Gasteiger partial charge on any atom is 0.257 e. The summed E-state index contributed by atoms with van der Waals surface area (Å²) in [6, 6.07) is 0.220. The van der Waals surface area contributed by atoms with Gasteiger partial charge in [-0.05, 0) is 44.6 Å².